The molecule has 108 valence electrons. The van der Waals surface area contributed by atoms with E-state index in [2.05, 4.69) is 28.6 Å². The molecule has 1 saturated carbocycles. The summed E-state index contributed by atoms with van der Waals surface area (Å²) < 4.78 is 8.82. The fourth-order valence-electron chi connectivity index (χ4n) is 2.95. The summed E-state index contributed by atoms with van der Waals surface area (Å²) >= 11 is 5.56. The Morgan fingerprint density at radius 1 is 1.40 bits per heavy atom. The third-order valence-electron chi connectivity index (χ3n) is 4.15. The minimum absolute atomic E-state index is 0.501. The molecule has 0 spiro atoms. The topological polar surface area (TPSA) is 29.9 Å². The summed E-state index contributed by atoms with van der Waals surface area (Å²) in [5, 5.41) is 0. The molecule has 3 rings (SSSR count). The lowest BCUT2D eigenvalue weighted by atomic mass is 10.1. The Balaban J connectivity index is 2.07. The van der Waals surface area contributed by atoms with Crippen LogP contribution in [0.1, 0.15) is 45.6 Å². The van der Waals surface area contributed by atoms with E-state index in [1.54, 1.807) is 0 Å². The summed E-state index contributed by atoms with van der Waals surface area (Å²) in [4.78, 5) is 3.34. The summed E-state index contributed by atoms with van der Waals surface area (Å²) in [6.45, 7) is 4.93. The maximum atomic E-state index is 5.70. The number of ether oxygens (including phenoxy) is 1. The van der Waals surface area contributed by atoms with Gasteiger partial charge in [0.1, 0.15) is 11.3 Å². The van der Waals surface area contributed by atoms with Gasteiger partial charge < -0.3 is 14.3 Å². The lowest BCUT2D eigenvalue weighted by Crippen LogP contribution is -2.09. The van der Waals surface area contributed by atoms with Crippen LogP contribution >= 0.6 is 12.2 Å². The first-order chi connectivity index (χ1) is 9.74. The van der Waals surface area contributed by atoms with Gasteiger partial charge in [-0.15, -0.1) is 0 Å². The van der Waals surface area contributed by atoms with E-state index in [1.165, 1.54) is 24.8 Å². The first kappa shape index (κ1) is 13.7. The molecule has 1 atom stereocenters. The molecule has 2 aromatic rings. The van der Waals surface area contributed by atoms with E-state index in [-0.39, 0.29) is 0 Å². The average molecular weight is 290 g/mol. The van der Waals surface area contributed by atoms with Crippen molar-refractivity contribution in [3.05, 3.63) is 23.0 Å². The van der Waals surface area contributed by atoms with Crippen molar-refractivity contribution in [2.45, 2.75) is 45.6 Å². The van der Waals surface area contributed by atoms with Crippen LogP contribution in [0.2, 0.25) is 0 Å². The third kappa shape index (κ3) is 2.49. The highest BCUT2D eigenvalue weighted by atomic mass is 32.1. The molecule has 1 aliphatic carbocycles. The number of rotatable bonds is 6. The number of H-pyrrole nitrogens is 1. The Morgan fingerprint density at radius 3 is 2.85 bits per heavy atom. The number of hydrogen-bond donors (Lipinski definition) is 1. The summed E-state index contributed by atoms with van der Waals surface area (Å²) in [7, 11) is 0. The number of benzene rings is 1. The minimum atomic E-state index is 0.501. The maximum Gasteiger partial charge on any atom is 0.178 e. The molecule has 1 aromatic carbocycles. The minimum Gasteiger partial charge on any atom is -0.492 e. The largest absolute Gasteiger partial charge is 0.492 e. The molecule has 1 aliphatic rings. The van der Waals surface area contributed by atoms with Gasteiger partial charge in [-0.1, -0.05) is 25.8 Å². The van der Waals surface area contributed by atoms with Gasteiger partial charge in [0.15, 0.2) is 4.77 Å². The molecule has 0 aliphatic heterocycles. The van der Waals surface area contributed by atoms with Gasteiger partial charge >= 0.3 is 0 Å². The van der Waals surface area contributed by atoms with Crippen molar-refractivity contribution in [1.29, 1.82) is 0 Å². The van der Waals surface area contributed by atoms with Crippen LogP contribution in [0.15, 0.2) is 18.2 Å². The molecule has 1 fully saturated rings. The highest BCUT2D eigenvalue weighted by molar-refractivity contribution is 7.71. The van der Waals surface area contributed by atoms with Crippen LogP contribution in [0.4, 0.5) is 0 Å². The average Bonchev–Trinajstić information content (AvgIpc) is 3.19. The molecule has 0 saturated heterocycles. The van der Waals surface area contributed by atoms with Crippen molar-refractivity contribution < 1.29 is 4.74 Å². The normalized spacial score (nSPS) is 16.5. The van der Waals surface area contributed by atoms with E-state index in [0.29, 0.717) is 12.6 Å². The second-order valence-corrected chi connectivity index (χ2v) is 6.01. The summed E-state index contributed by atoms with van der Waals surface area (Å²) in [5.41, 5.74) is 2.21. The van der Waals surface area contributed by atoms with Gasteiger partial charge in [0.25, 0.3) is 0 Å². The molecule has 1 heterocycles. The van der Waals surface area contributed by atoms with E-state index in [0.717, 1.165) is 28.4 Å². The molecule has 1 unspecified atom stereocenters. The molecule has 3 nitrogen and oxygen atoms in total. The summed E-state index contributed by atoms with van der Waals surface area (Å²) in [6, 6.07) is 6.69. The van der Waals surface area contributed by atoms with Crippen LogP contribution in [0.25, 0.3) is 11.0 Å². The molecule has 1 N–H and O–H groups in total. The van der Waals surface area contributed by atoms with Crippen LogP contribution < -0.4 is 4.74 Å². The van der Waals surface area contributed by atoms with Crippen molar-refractivity contribution in [2.24, 2.45) is 5.92 Å². The zero-order chi connectivity index (χ0) is 14.1. The second kappa shape index (κ2) is 5.60. The molecule has 0 amide bonds. The quantitative estimate of drug-likeness (QED) is 0.771. The molecule has 1 aromatic heterocycles. The summed E-state index contributed by atoms with van der Waals surface area (Å²) in [6.07, 6.45) is 5.14. The van der Waals surface area contributed by atoms with Gasteiger partial charge in [0, 0.05) is 6.04 Å². The van der Waals surface area contributed by atoms with Crippen LogP contribution in [0, 0.1) is 10.7 Å². The number of nitrogens with zero attached hydrogens (tertiary/aromatic N) is 1. The van der Waals surface area contributed by atoms with Crippen LogP contribution in [0.3, 0.4) is 0 Å². The van der Waals surface area contributed by atoms with Crippen LogP contribution in [-0.2, 0) is 0 Å². The van der Waals surface area contributed by atoms with Gasteiger partial charge in [-0.05, 0) is 50.0 Å². The smallest absolute Gasteiger partial charge is 0.178 e. The van der Waals surface area contributed by atoms with Crippen molar-refractivity contribution in [3.63, 3.8) is 0 Å². The molecular weight excluding hydrogens is 268 g/mol. The van der Waals surface area contributed by atoms with Crippen molar-refractivity contribution >= 4 is 23.3 Å². The number of aromatic amines is 1. The molecule has 4 heteroatoms. The Bertz CT molecular complexity index is 654. The SMILES string of the molecule is CCOc1cccc2c1[nH]c(=S)n2C(CC)CC1CC1. The van der Waals surface area contributed by atoms with Crippen LogP contribution in [0.5, 0.6) is 5.75 Å². The fourth-order valence-corrected chi connectivity index (χ4v) is 3.30. The van der Waals surface area contributed by atoms with E-state index in [9.17, 15) is 0 Å². The number of fused-ring (bicyclic) bond motifs is 1. The highest BCUT2D eigenvalue weighted by Gasteiger charge is 2.26. The lowest BCUT2D eigenvalue weighted by molar-refractivity contribution is 0.343. The Labute approximate surface area is 125 Å². The van der Waals surface area contributed by atoms with Crippen molar-refractivity contribution in [1.82, 2.24) is 9.55 Å². The molecule has 0 radical (unpaired) electrons. The number of aromatic nitrogens is 2. The molecular formula is C16H22N2OS. The summed E-state index contributed by atoms with van der Waals surface area (Å²) in [5.74, 6) is 1.80. The fraction of sp³-hybridized carbons (Fsp3) is 0.562. The van der Waals surface area contributed by atoms with Gasteiger partial charge in [-0.3, -0.25) is 0 Å². The predicted octanol–water partition coefficient (Wildman–Crippen LogP) is 4.85. The van der Waals surface area contributed by atoms with E-state index in [4.69, 9.17) is 17.0 Å². The zero-order valence-corrected chi connectivity index (χ0v) is 13.0. The third-order valence-corrected chi connectivity index (χ3v) is 4.45. The number of imidazole rings is 1. The Hall–Kier alpha value is -1.29. The van der Waals surface area contributed by atoms with Gasteiger partial charge in [0.2, 0.25) is 0 Å². The first-order valence-electron chi connectivity index (χ1n) is 7.60. The molecule has 20 heavy (non-hydrogen) atoms. The highest BCUT2D eigenvalue weighted by Crippen LogP contribution is 2.39. The predicted molar refractivity (Wildman–Crippen MR) is 85.0 cm³/mol. The van der Waals surface area contributed by atoms with Gasteiger partial charge in [-0.25, -0.2) is 0 Å². The number of nitrogens with one attached hydrogen (secondary N) is 1. The Morgan fingerprint density at radius 2 is 2.20 bits per heavy atom. The standard InChI is InChI=1S/C16H22N2OS/c1-3-12(10-11-8-9-11)18-13-6-5-7-14(19-4-2)15(13)17-16(18)20/h5-7,11-12H,3-4,8-10H2,1-2H3,(H,17,20). The molecule has 0 bridgehead atoms. The van der Waals surface area contributed by atoms with E-state index < -0.39 is 0 Å². The maximum absolute atomic E-state index is 5.70. The van der Waals surface area contributed by atoms with Gasteiger partial charge in [-0.2, -0.15) is 0 Å². The lowest BCUT2D eigenvalue weighted by Gasteiger charge is -2.17. The first-order valence-corrected chi connectivity index (χ1v) is 8.01. The Kier molecular flexibility index (Phi) is 3.83. The van der Waals surface area contributed by atoms with Gasteiger partial charge in [0.05, 0.1) is 12.1 Å². The van der Waals surface area contributed by atoms with Crippen LogP contribution in [-0.4, -0.2) is 16.2 Å². The monoisotopic (exact) mass is 290 g/mol. The second-order valence-electron chi connectivity index (χ2n) is 5.62. The van der Waals surface area contributed by atoms with Crippen molar-refractivity contribution in [3.8, 4) is 5.75 Å². The van der Waals surface area contributed by atoms with E-state index in [1.807, 2.05) is 13.0 Å². The number of hydrogen-bond acceptors (Lipinski definition) is 2. The van der Waals surface area contributed by atoms with Crippen molar-refractivity contribution in [2.75, 3.05) is 6.61 Å². The van der Waals surface area contributed by atoms with E-state index >= 15 is 0 Å². The zero-order valence-electron chi connectivity index (χ0n) is 12.2. The number of para-hydroxylation sites is 1.